The second-order valence-electron chi connectivity index (χ2n) is 4.52. The maximum absolute atomic E-state index is 4.65. The van der Waals surface area contributed by atoms with Crippen LogP contribution in [-0.2, 0) is 6.54 Å². The summed E-state index contributed by atoms with van der Waals surface area (Å²) in [5.74, 6) is 0. The Kier molecular flexibility index (Phi) is 2.88. The second kappa shape index (κ2) is 4.68. The number of nitrogens with zero attached hydrogens (tertiary/aromatic N) is 1. The van der Waals surface area contributed by atoms with Crippen molar-refractivity contribution in [2.45, 2.75) is 25.4 Å². The van der Waals surface area contributed by atoms with Gasteiger partial charge in [-0.25, -0.2) is 0 Å². The number of rotatable bonds is 3. The van der Waals surface area contributed by atoms with Crippen molar-refractivity contribution in [1.82, 2.24) is 10.3 Å². The minimum absolute atomic E-state index is 0.600. The third-order valence-electron chi connectivity index (χ3n) is 3.24. The predicted octanol–water partition coefficient (Wildman–Crippen LogP) is 3.04. The van der Waals surface area contributed by atoms with Crippen molar-refractivity contribution >= 4 is 10.9 Å². The summed E-state index contributed by atoms with van der Waals surface area (Å²) in [7, 11) is 0. The molecule has 3 rings (SSSR count). The van der Waals surface area contributed by atoms with Gasteiger partial charge in [-0.2, -0.15) is 0 Å². The summed E-state index contributed by atoms with van der Waals surface area (Å²) in [5.41, 5.74) is 2.20. The van der Waals surface area contributed by atoms with Crippen LogP contribution in [0.1, 0.15) is 18.5 Å². The van der Waals surface area contributed by atoms with E-state index < -0.39 is 0 Å². The highest BCUT2D eigenvalue weighted by molar-refractivity contribution is 5.78. The van der Waals surface area contributed by atoms with E-state index in [1.54, 1.807) is 0 Å². The zero-order valence-electron chi connectivity index (χ0n) is 9.76. The van der Waals surface area contributed by atoms with E-state index in [0.717, 1.165) is 30.6 Å². The van der Waals surface area contributed by atoms with Crippen molar-refractivity contribution in [3.8, 4) is 0 Å². The number of hydrogen-bond acceptors (Lipinski definition) is 2. The van der Waals surface area contributed by atoms with Gasteiger partial charge >= 0.3 is 0 Å². The molecular formula is C15H16N2. The van der Waals surface area contributed by atoms with Crippen molar-refractivity contribution in [2.24, 2.45) is 0 Å². The Balaban J connectivity index is 1.72. The molecule has 1 aliphatic carbocycles. The number of para-hydroxylation sites is 1. The number of hydrogen-bond donors (Lipinski definition) is 1. The molecular weight excluding hydrogens is 208 g/mol. The Bertz CT molecular complexity index is 537. The van der Waals surface area contributed by atoms with Gasteiger partial charge < -0.3 is 5.32 Å². The van der Waals surface area contributed by atoms with Crippen LogP contribution in [0.5, 0.6) is 0 Å². The topological polar surface area (TPSA) is 24.9 Å². The van der Waals surface area contributed by atoms with Crippen LogP contribution in [0.2, 0.25) is 0 Å². The summed E-state index contributed by atoms with van der Waals surface area (Å²) in [5, 5.41) is 4.74. The summed E-state index contributed by atoms with van der Waals surface area (Å²) in [6.45, 7) is 0.858. The fourth-order valence-corrected chi connectivity index (χ4v) is 2.24. The van der Waals surface area contributed by atoms with Crippen molar-refractivity contribution in [2.75, 3.05) is 0 Å². The van der Waals surface area contributed by atoms with E-state index in [1.807, 2.05) is 12.1 Å². The first-order valence-electron chi connectivity index (χ1n) is 6.15. The van der Waals surface area contributed by atoms with Crippen molar-refractivity contribution < 1.29 is 0 Å². The third kappa shape index (κ3) is 2.37. The largest absolute Gasteiger partial charge is 0.308 e. The third-order valence-corrected chi connectivity index (χ3v) is 3.24. The molecule has 0 bridgehead atoms. The Morgan fingerprint density at radius 3 is 2.76 bits per heavy atom. The van der Waals surface area contributed by atoms with Crippen LogP contribution in [0.25, 0.3) is 10.9 Å². The highest BCUT2D eigenvalue weighted by Gasteiger charge is 2.09. The molecule has 1 aromatic carbocycles. The molecule has 0 fully saturated rings. The summed E-state index contributed by atoms with van der Waals surface area (Å²) in [6, 6.07) is 13.1. The molecule has 0 unspecified atom stereocenters. The van der Waals surface area contributed by atoms with Gasteiger partial charge in [-0.05, 0) is 25.0 Å². The molecule has 0 radical (unpaired) electrons. The monoisotopic (exact) mass is 224 g/mol. The standard InChI is InChI=1S/C15H16N2/c1-4-8-15-12(5-1)9-10-14(17-15)11-16-13-6-2-3-7-13/h1-5,8-10,13,16H,6-7,11H2. The molecule has 1 heterocycles. The number of fused-ring (bicyclic) bond motifs is 1. The molecule has 1 aliphatic rings. The highest BCUT2D eigenvalue weighted by Crippen LogP contribution is 2.13. The minimum atomic E-state index is 0.600. The van der Waals surface area contributed by atoms with Crippen LogP contribution in [0.4, 0.5) is 0 Å². The van der Waals surface area contributed by atoms with Crippen LogP contribution in [0.15, 0.2) is 48.6 Å². The average Bonchev–Trinajstić information content (AvgIpc) is 2.89. The first-order valence-corrected chi connectivity index (χ1v) is 6.15. The molecule has 1 aromatic heterocycles. The molecule has 0 atom stereocenters. The molecule has 17 heavy (non-hydrogen) atoms. The van der Waals surface area contributed by atoms with Crippen LogP contribution >= 0.6 is 0 Å². The zero-order chi connectivity index (χ0) is 11.5. The Morgan fingerprint density at radius 1 is 1.06 bits per heavy atom. The number of benzene rings is 1. The Labute approximate surface area is 101 Å². The molecule has 0 saturated heterocycles. The highest BCUT2D eigenvalue weighted by atomic mass is 14.9. The van der Waals surface area contributed by atoms with Crippen LogP contribution < -0.4 is 5.32 Å². The second-order valence-corrected chi connectivity index (χ2v) is 4.52. The van der Waals surface area contributed by atoms with E-state index in [4.69, 9.17) is 0 Å². The molecule has 0 spiro atoms. The Morgan fingerprint density at radius 2 is 1.88 bits per heavy atom. The smallest absolute Gasteiger partial charge is 0.0705 e. The van der Waals surface area contributed by atoms with Crippen molar-refractivity contribution in [3.05, 3.63) is 54.2 Å². The van der Waals surface area contributed by atoms with E-state index in [0.29, 0.717) is 6.04 Å². The van der Waals surface area contributed by atoms with Crippen LogP contribution in [-0.4, -0.2) is 11.0 Å². The van der Waals surface area contributed by atoms with Gasteiger partial charge in [-0.3, -0.25) is 4.98 Å². The van der Waals surface area contributed by atoms with E-state index in [-0.39, 0.29) is 0 Å². The van der Waals surface area contributed by atoms with E-state index >= 15 is 0 Å². The van der Waals surface area contributed by atoms with E-state index in [2.05, 4.69) is 46.7 Å². The maximum Gasteiger partial charge on any atom is 0.0705 e. The quantitative estimate of drug-likeness (QED) is 0.810. The molecule has 1 N–H and O–H groups in total. The first kappa shape index (κ1) is 10.5. The summed E-state index contributed by atoms with van der Waals surface area (Å²) < 4.78 is 0. The summed E-state index contributed by atoms with van der Waals surface area (Å²) in [4.78, 5) is 4.65. The van der Waals surface area contributed by atoms with E-state index in [9.17, 15) is 0 Å². The fourth-order valence-electron chi connectivity index (χ4n) is 2.24. The molecule has 0 aliphatic heterocycles. The van der Waals surface area contributed by atoms with Gasteiger partial charge in [0.05, 0.1) is 11.2 Å². The van der Waals surface area contributed by atoms with Gasteiger partial charge in [0.2, 0.25) is 0 Å². The maximum atomic E-state index is 4.65. The van der Waals surface area contributed by atoms with Crippen LogP contribution in [0.3, 0.4) is 0 Å². The summed E-state index contributed by atoms with van der Waals surface area (Å²) in [6.07, 6.45) is 6.78. The molecule has 0 amide bonds. The van der Waals surface area contributed by atoms with Gasteiger partial charge in [0, 0.05) is 18.0 Å². The lowest BCUT2D eigenvalue weighted by molar-refractivity contribution is 0.534. The van der Waals surface area contributed by atoms with Gasteiger partial charge in [-0.1, -0.05) is 36.4 Å². The van der Waals surface area contributed by atoms with Gasteiger partial charge in [0.1, 0.15) is 0 Å². The predicted molar refractivity (Wildman–Crippen MR) is 70.7 cm³/mol. The number of pyridine rings is 1. The number of aromatic nitrogens is 1. The molecule has 2 aromatic rings. The van der Waals surface area contributed by atoms with Gasteiger partial charge in [0.15, 0.2) is 0 Å². The van der Waals surface area contributed by atoms with Gasteiger partial charge in [0.25, 0.3) is 0 Å². The Hall–Kier alpha value is -1.67. The molecule has 86 valence electrons. The van der Waals surface area contributed by atoms with Gasteiger partial charge in [-0.15, -0.1) is 0 Å². The van der Waals surface area contributed by atoms with E-state index in [1.165, 1.54) is 5.39 Å². The first-order chi connectivity index (χ1) is 8.42. The van der Waals surface area contributed by atoms with Crippen LogP contribution in [0, 0.1) is 0 Å². The minimum Gasteiger partial charge on any atom is -0.308 e. The fraction of sp³-hybridized carbons (Fsp3) is 0.267. The lowest BCUT2D eigenvalue weighted by Crippen LogP contribution is -2.26. The number of nitrogens with one attached hydrogen (secondary N) is 1. The SMILES string of the molecule is C1=CCC(NCc2ccc3ccccc3n2)C1. The lowest BCUT2D eigenvalue weighted by atomic mass is 10.2. The van der Waals surface area contributed by atoms with Crippen molar-refractivity contribution in [1.29, 1.82) is 0 Å². The molecule has 2 nitrogen and oxygen atoms in total. The summed E-state index contributed by atoms with van der Waals surface area (Å²) >= 11 is 0. The normalized spacial score (nSPS) is 15.8. The average molecular weight is 224 g/mol. The zero-order valence-corrected chi connectivity index (χ0v) is 9.76. The lowest BCUT2D eigenvalue weighted by Gasteiger charge is -2.11. The van der Waals surface area contributed by atoms with Crippen molar-refractivity contribution in [3.63, 3.8) is 0 Å². The molecule has 0 saturated carbocycles. The molecule has 2 heteroatoms.